The van der Waals surface area contributed by atoms with Crippen molar-refractivity contribution in [2.45, 2.75) is 13.5 Å². The van der Waals surface area contributed by atoms with Crippen LogP contribution in [0.25, 0.3) is 0 Å². The highest BCUT2D eigenvalue weighted by Gasteiger charge is 2.17. The third kappa shape index (κ3) is 2.83. The highest BCUT2D eigenvalue weighted by Crippen LogP contribution is 2.09. The van der Waals surface area contributed by atoms with Crippen LogP contribution in [0.4, 0.5) is 0 Å². The molecular formula is C11H18NO+. The van der Waals surface area contributed by atoms with Gasteiger partial charge in [0.15, 0.2) is 6.73 Å². The Hall–Kier alpha value is -0.860. The van der Waals surface area contributed by atoms with Gasteiger partial charge < -0.3 is 9.59 Å². The summed E-state index contributed by atoms with van der Waals surface area (Å²) in [5, 5.41) is 9.22. The van der Waals surface area contributed by atoms with Crippen LogP contribution >= 0.6 is 0 Å². The van der Waals surface area contributed by atoms with Crippen LogP contribution in [0.3, 0.4) is 0 Å². The number of benzene rings is 1. The van der Waals surface area contributed by atoms with Gasteiger partial charge in [-0.25, -0.2) is 0 Å². The topological polar surface area (TPSA) is 20.2 Å². The van der Waals surface area contributed by atoms with Gasteiger partial charge >= 0.3 is 0 Å². The van der Waals surface area contributed by atoms with Gasteiger partial charge in [0.2, 0.25) is 0 Å². The van der Waals surface area contributed by atoms with E-state index in [0.29, 0.717) is 4.48 Å². The molecule has 1 atom stereocenters. The van der Waals surface area contributed by atoms with Gasteiger partial charge in [-0.05, 0) is 6.92 Å². The van der Waals surface area contributed by atoms with Crippen LogP contribution in [-0.4, -0.2) is 29.9 Å². The normalized spacial score (nSPS) is 15.3. The zero-order chi connectivity index (χ0) is 9.73. The molecule has 2 heteroatoms. The fraction of sp³-hybridized carbons (Fsp3) is 0.455. The summed E-state index contributed by atoms with van der Waals surface area (Å²) >= 11 is 0. The molecule has 0 saturated carbocycles. The summed E-state index contributed by atoms with van der Waals surface area (Å²) in [4.78, 5) is 0. The summed E-state index contributed by atoms with van der Waals surface area (Å²) in [7, 11) is 2.06. The van der Waals surface area contributed by atoms with Gasteiger partial charge in [0, 0.05) is 5.56 Å². The third-order valence-electron chi connectivity index (χ3n) is 2.51. The molecule has 0 aromatic heterocycles. The van der Waals surface area contributed by atoms with Crippen molar-refractivity contribution in [1.29, 1.82) is 0 Å². The van der Waals surface area contributed by atoms with E-state index >= 15 is 0 Å². The molecule has 1 N–H and O–H groups in total. The summed E-state index contributed by atoms with van der Waals surface area (Å²) in [6.07, 6.45) is 0. The van der Waals surface area contributed by atoms with Gasteiger partial charge in [0.1, 0.15) is 6.54 Å². The molecule has 0 spiro atoms. The molecule has 0 aliphatic heterocycles. The molecule has 0 saturated heterocycles. The highest BCUT2D eigenvalue weighted by atomic mass is 16.3. The molecule has 1 rings (SSSR count). The summed E-state index contributed by atoms with van der Waals surface area (Å²) in [5.74, 6) is 0. The van der Waals surface area contributed by atoms with E-state index in [1.807, 2.05) is 18.2 Å². The molecule has 0 bridgehead atoms. The first-order valence-corrected chi connectivity index (χ1v) is 4.68. The lowest BCUT2D eigenvalue weighted by Crippen LogP contribution is -2.43. The van der Waals surface area contributed by atoms with Crippen molar-refractivity contribution in [1.82, 2.24) is 0 Å². The quantitative estimate of drug-likeness (QED) is 0.551. The second kappa shape index (κ2) is 4.40. The number of hydrogen-bond acceptors (Lipinski definition) is 1. The number of quaternary nitrogens is 1. The molecule has 72 valence electrons. The maximum Gasteiger partial charge on any atom is 0.180 e. The second-order valence-electron chi connectivity index (χ2n) is 3.72. The van der Waals surface area contributed by atoms with E-state index < -0.39 is 0 Å². The van der Waals surface area contributed by atoms with Crippen LogP contribution in [0.15, 0.2) is 30.3 Å². The molecule has 0 heterocycles. The Balaban J connectivity index is 2.68. The number of rotatable bonds is 4. The fourth-order valence-electron chi connectivity index (χ4n) is 1.29. The average molecular weight is 180 g/mol. The van der Waals surface area contributed by atoms with Crippen molar-refractivity contribution in [3.63, 3.8) is 0 Å². The SMILES string of the molecule is CC[N+](C)(CO)Cc1ccccc1. The van der Waals surface area contributed by atoms with Crippen molar-refractivity contribution in [3.05, 3.63) is 35.9 Å². The van der Waals surface area contributed by atoms with Gasteiger partial charge in [-0.15, -0.1) is 0 Å². The van der Waals surface area contributed by atoms with Crippen molar-refractivity contribution in [2.75, 3.05) is 20.3 Å². The van der Waals surface area contributed by atoms with E-state index in [1.54, 1.807) is 0 Å². The second-order valence-corrected chi connectivity index (χ2v) is 3.72. The first kappa shape index (κ1) is 10.2. The molecule has 1 unspecified atom stereocenters. The lowest BCUT2D eigenvalue weighted by atomic mass is 10.2. The molecule has 13 heavy (non-hydrogen) atoms. The van der Waals surface area contributed by atoms with Crippen LogP contribution in [0.1, 0.15) is 12.5 Å². The summed E-state index contributed by atoms with van der Waals surface area (Å²) in [6, 6.07) is 10.3. The van der Waals surface area contributed by atoms with Crippen LogP contribution in [0.2, 0.25) is 0 Å². The minimum absolute atomic E-state index is 0.200. The largest absolute Gasteiger partial charge is 0.347 e. The van der Waals surface area contributed by atoms with Gasteiger partial charge in [0.25, 0.3) is 0 Å². The van der Waals surface area contributed by atoms with E-state index in [0.717, 1.165) is 13.1 Å². The van der Waals surface area contributed by atoms with E-state index in [2.05, 4.69) is 26.1 Å². The Morgan fingerprint density at radius 3 is 2.31 bits per heavy atom. The van der Waals surface area contributed by atoms with Crippen LogP contribution in [-0.2, 0) is 6.54 Å². The van der Waals surface area contributed by atoms with E-state index in [9.17, 15) is 5.11 Å². The Morgan fingerprint density at radius 1 is 1.23 bits per heavy atom. The number of hydrogen-bond donors (Lipinski definition) is 1. The van der Waals surface area contributed by atoms with Crippen LogP contribution in [0.5, 0.6) is 0 Å². The van der Waals surface area contributed by atoms with Crippen molar-refractivity contribution < 1.29 is 9.59 Å². The minimum atomic E-state index is 0.200. The fourth-order valence-corrected chi connectivity index (χ4v) is 1.29. The minimum Gasteiger partial charge on any atom is -0.347 e. The van der Waals surface area contributed by atoms with Crippen molar-refractivity contribution >= 4 is 0 Å². The Kier molecular flexibility index (Phi) is 3.46. The lowest BCUT2D eigenvalue weighted by Gasteiger charge is -2.30. The Morgan fingerprint density at radius 2 is 1.85 bits per heavy atom. The first-order valence-electron chi connectivity index (χ1n) is 4.68. The maximum atomic E-state index is 9.22. The molecule has 1 aromatic carbocycles. The summed E-state index contributed by atoms with van der Waals surface area (Å²) in [6.45, 7) is 4.14. The molecule has 1 aromatic rings. The van der Waals surface area contributed by atoms with Gasteiger partial charge in [-0.3, -0.25) is 0 Å². The average Bonchev–Trinajstić information content (AvgIpc) is 2.19. The Bertz CT molecular complexity index is 242. The Labute approximate surface area is 80.0 Å². The molecule has 0 radical (unpaired) electrons. The van der Waals surface area contributed by atoms with E-state index in [4.69, 9.17) is 0 Å². The van der Waals surface area contributed by atoms with Crippen LogP contribution < -0.4 is 0 Å². The number of aliphatic hydroxyl groups excluding tert-OH is 1. The van der Waals surface area contributed by atoms with Crippen LogP contribution in [0, 0.1) is 0 Å². The van der Waals surface area contributed by atoms with Gasteiger partial charge in [-0.1, -0.05) is 30.3 Å². The smallest absolute Gasteiger partial charge is 0.180 e. The van der Waals surface area contributed by atoms with Gasteiger partial charge in [0.05, 0.1) is 13.6 Å². The molecular weight excluding hydrogens is 162 g/mol. The highest BCUT2D eigenvalue weighted by molar-refractivity contribution is 5.13. The third-order valence-corrected chi connectivity index (χ3v) is 2.51. The molecule has 0 amide bonds. The predicted octanol–water partition coefficient (Wildman–Crippen LogP) is 1.60. The molecule has 0 fully saturated rings. The lowest BCUT2D eigenvalue weighted by molar-refractivity contribution is -0.938. The summed E-state index contributed by atoms with van der Waals surface area (Å²) < 4.78 is 0.685. The maximum absolute atomic E-state index is 9.22. The van der Waals surface area contributed by atoms with Crippen molar-refractivity contribution in [2.24, 2.45) is 0 Å². The van der Waals surface area contributed by atoms with Crippen molar-refractivity contribution in [3.8, 4) is 0 Å². The number of nitrogens with zero attached hydrogens (tertiary/aromatic N) is 1. The predicted molar refractivity (Wildman–Crippen MR) is 54.0 cm³/mol. The molecule has 0 aliphatic rings. The summed E-state index contributed by atoms with van der Waals surface area (Å²) in [5.41, 5.74) is 1.28. The molecule has 0 aliphatic carbocycles. The van der Waals surface area contributed by atoms with Gasteiger partial charge in [-0.2, -0.15) is 0 Å². The number of aliphatic hydroxyl groups is 1. The zero-order valence-corrected chi connectivity index (χ0v) is 8.40. The first-order chi connectivity index (χ1) is 6.20. The van der Waals surface area contributed by atoms with E-state index in [-0.39, 0.29) is 6.73 Å². The van der Waals surface area contributed by atoms with E-state index in [1.165, 1.54) is 5.56 Å². The standard InChI is InChI=1S/C11H18NO/c1-3-12(2,10-13)9-11-7-5-4-6-8-11/h4-8,13H,3,9-10H2,1-2H3/q+1. The zero-order valence-electron chi connectivity index (χ0n) is 8.40. The monoisotopic (exact) mass is 180 g/mol. The molecule has 2 nitrogen and oxygen atoms in total.